The fourth-order valence-corrected chi connectivity index (χ4v) is 0.924. The topological polar surface area (TPSA) is 79.4 Å². The molecule has 1 aromatic rings. The van der Waals surface area contributed by atoms with E-state index in [0.717, 1.165) is 6.20 Å². The molecule has 6 heteroatoms. The molecule has 0 spiro atoms. The summed E-state index contributed by atoms with van der Waals surface area (Å²) in [5.74, 6) is -0.853. The lowest BCUT2D eigenvalue weighted by Crippen LogP contribution is -2.00. The number of aliphatic hydroxyl groups is 1. The van der Waals surface area contributed by atoms with Crippen LogP contribution in [0.1, 0.15) is 17.6 Å². The van der Waals surface area contributed by atoms with Crippen LogP contribution in [0.15, 0.2) is 6.20 Å². The van der Waals surface area contributed by atoms with Crippen molar-refractivity contribution in [2.45, 2.75) is 13.0 Å². The Bertz CT molecular complexity index is 318. The molecule has 0 saturated heterocycles. The maximum absolute atomic E-state index is 12.2. The SMILES string of the molecule is Nc1ncc(C(F)F)c(CO)c1O. The van der Waals surface area contributed by atoms with E-state index in [9.17, 15) is 8.78 Å². The molecule has 4 N–H and O–H groups in total. The zero-order valence-electron chi connectivity index (χ0n) is 6.54. The maximum atomic E-state index is 12.2. The fraction of sp³-hybridized carbons (Fsp3) is 0.286. The number of hydrogen-bond donors (Lipinski definition) is 3. The molecule has 0 fully saturated rings. The van der Waals surface area contributed by atoms with Crippen LogP contribution in [0.3, 0.4) is 0 Å². The Morgan fingerprint density at radius 2 is 2.15 bits per heavy atom. The first-order chi connectivity index (χ1) is 6.07. The van der Waals surface area contributed by atoms with Crippen molar-refractivity contribution in [3.05, 3.63) is 17.3 Å². The second kappa shape index (κ2) is 3.53. The summed E-state index contributed by atoms with van der Waals surface area (Å²) in [7, 11) is 0. The number of halogens is 2. The van der Waals surface area contributed by atoms with Crippen molar-refractivity contribution in [2.24, 2.45) is 0 Å². The standard InChI is InChI=1S/C7H8F2N2O2/c8-6(9)3-1-11-7(10)5(13)4(3)2-12/h1,6,12-13H,2H2,(H2,10,11). The normalized spacial score (nSPS) is 10.8. The van der Waals surface area contributed by atoms with Crippen LogP contribution in [0, 0.1) is 0 Å². The van der Waals surface area contributed by atoms with Crippen molar-refractivity contribution in [3.8, 4) is 5.75 Å². The number of nitrogens with two attached hydrogens (primary N) is 1. The summed E-state index contributed by atoms with van der Waals surface area (Å²) < 4.78 is 24.4. The number of anilines is 1. The van der Waals surface area contributed by atoms with E-state index >= 15 is 0 Å². The lowest BCUT2D eigenvalue weighted by atomic mass is 10.1. The third kappa shape index (κ3) is 1.67. The predicted molar refractivity (Wildman–Crippen MR) is 41.2 cm³/mol. The summed E-state index contributed by atoms with van der Waals surface area (Å²) in [6, 6.07) is 0. The molecule has 0 aliphatic rings. The third-order valence-corrected chi connectivity index (χ3v) is 1.61. The molecule has 0 aliphatic carbocycles. The molecule has 0 unspecified atom stereocenters. The minimum Gasteiger partial charge on any atom is -0.504 e. The smallest absolute Gasteiger partial charge is 0.265 e. The van der Waals surface area contributed by atoms with Crippen molar-refractivity contribution >= 4 is 5.82 Å². The van der Waals surface area contributed by atoms with Crippen LogP contribution in [0.4, 0.5) is 14.6 Å². The Kier molecular flexibility index (Phi) is 2.62. The number of aromatic nitrogens is 1. The van der Waals surface area contributed by atoms with Crippen LogP contribution in [-0.4, -0.2) is 15.2 Å². The quantitative estimate of drug-likeness (QED) is 0.644. The molecule has 0 aromatic carbocycles. The summed E-state index contributed by atoms with van der Waals surface area (Å²) in [4.78, 5) is 3.35. The largest absolute Gasteiger partial charge is 0.504 e. The van der Waals surface area contributed by atoms with Gasteiger partial charge in [-0.05, 0) is 0 Å². The molecule has 0 amide bonds. The highest BCUT2D eigenvalue weighted by molar-refractivity contribution is 5.52. The minimum atomic E-state index is -2.79. The van der Waals surface area contributed by atoms with E-state index in [0.29, 0.717) is 0 Å². The first-order valence-corrected chi connectivity index (χ1v) is 3.43. The van der Waals surface area contributed by atoms with Gasteiger partial charge in [0.25, 0.3) is 6.43 Å². The fourth-order valence-electron chi connectivity index (χ4n) is 0.924. The van der Waals surface area contributed by atoms with Gasteiger partial charge in [0.1, 0.15) is 0 Å². The summed E-state index contributed by atoms with van der Waals surface area (Å²) in [5, 5.41) is 17.8. The highest BCUT2D eigenvalue weighted by Crippen LogP contribution is 2.31. The van der Waals surface area contributed by atoms with Crippen molar-refractivity contribution in [3.63, 3.8) is 0 Å². The van der Waals surface area contributed by atoms with Gasteiger partial charge in [0.05, 0.1) is 6.61 Å². The highest BCUT2D eigenvalue weighted by Gasteiger charge is 2.18. The van der Waals surface area contributed by atoms with E-state index in [2.05, 4.69) is 4.98 Å². The zero-order valence-corrected chi connectivity index (χ0v) is 6.54. The molecule has 72 valence electrons. The molecule has 0 saturated carbocycles. The number of rotatable bonds is 2. The zero-order chi connectivity index (χ0) is 10.0. The molecule has 1 aromatic heterocycles. The minimum absolute atomic E-state index is 0.270. The van der Waals surface area contributed by atoms with Crippen molar-refractivity contribution in [2.75, 3.05) is 5.73 Å². The van der Waals surface area contributed by atoms with Gasteiger partial charge in [-0.15, -0.1) is 0 Å². The monoisotopic (exact) mass is 190 g/mol. The number of nitrogen functional groups attached to an aromatic ring is 1. The average Bonchev–Trinajstić information content (AvgIpc) is 2.09. The molecule has 1 heterocycles. The number of hydrogen-bond acceptors (Lipinski definition) is 4. The third-order valence-electron chi connectivity index (χ3n) is 1.61. The van der Waals surface area contributed by atoms with E-state index in [1.54, 1.807) is 0 Å². The van der Waals surface area contributed by atoms with Crippen LogP contribution in [0.25, 0.3) is 0 Å². The second-order valence-electron chi connectivity index (χ2n) is 2.38. The predicted octanol–water partition coefficient (Wildman–Crippen LogP) is 0.799. The van der Waals surface area contributed by atoms with Gasteiger partial charge >= 0.3 is 0 Å². The molecule has 0 aliphatic heterocycles. The van der Waals surface area contributed by atoms with Crippen LogP contribution in [0.5, 0.6) is 5.75 Å². The Morgan fingerprint density at radius 3 is 2.62 bits per heavy atom. The van der Waals surface area contributed by atoms with Crippen LogP contribution < -0.4 is 5.73 Å². The first-order valence-electron chi connectivity index (χ1n) is 3.43. The average molecular weight is 190 g/mol. The van der Waals surface area contributed by atoms with Gasteiger partial charge in [0.2, 0.25) is 0 Å². The number of nitrogens with zero attached hydrogens (tertiary/aromatic N) is 1. The first kappa shape index (κ1) is 9.66. The van der Waals surface area contributed by atoms with Gasteiger partial charge in [-0.2, -0.15) is 0 Å². The summed E-state index contributed by atoms with van der Waals surface area (Å²) >= 11 is 0. The van der Waals surface area contributed by atoms with E-state index in [1.165, 1.54) is 0 Å². The van der Waals surface area contributed by atoms with E-state index in [4.69, 9.17) is 15.9 Å². The maximum Gasteiger partial charge on any atom is 0.265 e. The number of aliphatic hydroxyl groups excluding tert-OH is 1. The lowest BCUT2D eigenvalue weighted by Gasteiger charge is -2.08. The van der Waals surface area contributed by atoms with Crippen molar-refractivity contribution in [1.82, 2.24) is 4.98 Å². The summed E-state index contributed by atoms with van der Waals surface area (Å²) in [6.07, 6.45) is -1.95. The van der Waals surface area contributed by atoms with Crippen molar-refractivity contribution in [1.29, 1.82) is 0 Å². The van der Waals surface area contributed by atoms with Gasteiger partial charge in [0, 0.05) is 17.3 Å². The van der Waals surface area contributed by atoms with E-state index < -0.39 is 24.3 Å². The molecule has 0 bridgehead atoms. The molecule has 0 atom stereocenters. The molecule has 4 nitrogen and oxygen atoms in total. The molecule has 0 radical (unpaired) electrons. The second-order valence-corrected chi connectivity index (χ2v) is 2.38. The molecule has 1 rings (SSSR count). The van der Waals surface area contributed by atoms with Crippen LogP contribution in [0.2, 0.25) is 0 Å². The molecular weight excluding hydrogens is 182 g/mol. The van der Waals surface area contributed by atoms with E-state index in [1.807, 2.05) is 0 Å². The van der Waals surface area contributed by atoms with Crippen LogP contribution >= 0.6 is 0 Å². The van der Waals surface area contributed by atoms with Gasteiger partial charge < -0.3 is 15.9 Å². The summed E-state index contributed by atoms with van der Waals surface area (Å²) in [6.45, 7) is -0.696. The molecule has 13 heavy (non-hydrogen) atoms. The lowest BCUT2D eigenvalue weighted by molar-refractivity contribution is 0.146. The van der Waals surface area contributed by atoms with Gasteiger partial charge in [-0.25, -0.2) is 13.8 Å². The molecular formula is C7H8F2N2O2. The number of aromatic hydroxyl groups is 1. The van der Waals surface area contributed by atoms with Crippen LogP contribution in [-0.2, 0) is 6.61 Å². The van der Waals surface area contributed by atoms with Gasteiger partial charge in [0.15, 0.2) is 11.6 Å². The van der Waals surface area contributed by atoms with Gasteiger partial charge in [-0.3, -0.25) is 0 Å². The highest BCUT2D eigenvalue weighted by atomic mass is 19.3. The van der Waals surface area contributed by atoms with E-state index in [-0.39, 0.29) is 11.4 Å². The Morgan fingerprint density at radius 1 is 1.54 bits per heavy atom. The van der Waals surface area contributed by atoms with Crippen molar-refractivity contribution < 1.29 is 19.0 Å². The summed E-state index contributed by atoms with van der Waals surface area (Å²) in [5.41, 5.74) is 4.37. The Labute approximate surface area is 72.6 Å². The Hall–Kier alpha value is -1.43. The number of pyridine rings is 1. The Balaban J connectivity index is 3.30. The number of alkyl halides is 2. The van der Waals surface area contributed by atoms with Gasteiger partial charge in [-0.1, -0.05) is 0 Å².